The molecule has 0 aromatic heterocycles. The Labute approximate surface area is 143 Å². The normalized spacial score (nSPS) is 22.0. The molecular formula is C20H16OS2. The number of thioether (sulfide) groups is 1. The molecule has 23 heavy (non-hydrogen) atoms. The van der Waals surface area contributed by atoms with E-state index in [0.717, 1.165) is 10.5 Å². The van der Waals surface area contributed by atoms with Crippen LogP contribution in [0.15, 0.2) is 87.5 Å². The zero-order chi connectivity index (χ0) is 15.8. The van der Waals surface area contributed by atoms with Crippen molar-refractivity contribution in [1.82, 2.24) is 0 Å². The highest BCUT2D eigenvalue weighted by Gasteiger charge is 2.32. The summed E-state index contributed by atoms with van der Waals surface area (Å²) in [5.41, 5.74) is 0.874. The van der Waals surface area contributed by atoms with Gasteiger partial charge in [-0.2, -0.15) is 0 Å². The van der Waals surface area contributed by atoms with Crippen LogP contribution in [0.3, 0.4) is 0 Å². The van der Waals surface area contributed by atoms with E-state index in [1.54, 1.807) is 11.8 Å². The second-order valence-corrected chi connectivity index (χ2v) is 8.34. The highest BCUT2D eigenvalue weighted by atomic mass is 32.2. The van der Waals surface area contributed by atoms with Gasteiger partial charge in [0.25, 0.3) is 0 Å². The molecule has 4 rings (SSSR count). The van der Waals surface area contributed by atoms with Crippen LogP contribution in [0.5, 0.6) is 0 Å². The van der Waals surface area contributed by atoms with E-state index in [4.69, 9.17) is 0 Å². The number of ketones is 1. The number of fused-ring (bicyclic) bond motifs is 2. The lowest BCUT2D eigenvalue weighted by Crippen LogP contribution is -2.27. The van der Waals surface area contributed by atoms with Gasteiger partial charge >= 0.3 is 0 Å². The number of carbonyl (C=O) groups is 1. The standard InChI is InChI=1S/C20H16OS2/c1-22-14-10-12-15(13-11-14)23-18-8-4-2-6-16(18)20(21)17-7-3-5-9-19(17)23/h2-13,16H,1H3. The fraction of sp³-hybridized carbons (Fsp3) is 0.100. The molecule has 0 fully saturated rings. The smallest absolute Gasteiger partial charge is 0.175 e. The summed E-state index contributed by atoms with van der Waals surface area (Å²) in [5, 5.41) is 0. The molecule has 0 saturated heterocycles. The number of hydrogen-bond acceptors (Lipinski definition) is 2. The Kier molecular flexibility index (Phi) is 3.83. The van der Waals surface area contributed by atoms with Gasteiger partial charge in [-0.15, -0.1) is 22.2 Å². The highest BCUT2D eigenvalue weighted by molar-refractivity contribution is 8.16. The van der Waals surface area contributed by atoms with E-state index in [9.17, 15) is 4.79 Å². The van der Waals surface area contributed by atoms with Crippen molar-refractivity contribution in [3.8, 4) is 0 Å². The van der Waals surface area contributed by atoms with Crippen LogP contribution in [0, 0.1) is 5.92 Å². The third-order valence-corrected chi connectivity index (χ3v) is 7.31. The van der Waals surface area contributed by atoms with Crippen LogP contribution in [0.4, 0.5) is 0 Å². The molecule has 0 saturated carbocycles. The van der Waals surface area contributed by atoms with Crippen molar-refractivity contribution in [3.63, 3.8) is 0 Å². The van der Waals surface area contributed by atoms with Gasteiger partial charge < -0.3 is 0 Å². The second-order valence-electron chi connectivity index (χ2n) is 5.47. The number of allylic oxidation sites excluding steroid dienone is 4. The number of carbonyl (C=O) groups excluding carboxylic acids is 1. The first kappa shape index (κ1) is 14.7. The minimum atomic E-state index is -0.182. The molecule has 2 aliphatic rings. The first-order chi connectivity index (χ1) is 11.3. The van der Waals surface area contributed by atoms with Crippen molar-refractivity contribution >= 4 is 32.9 Å². The molecule has 1 heterocycles. The van der Waals surface area contributed by atoms with Crippen LogP contribution >= 0.6 is 22.2 Å². The molecule has 1 aliphatic heterocycles. The average Bonchev–Trinajstić information content (AvgIpc) is 2.63. The molecule has 0 bridgehead atoms. The third-order valence-electron chi connectivity index (χ3n) is 4.17. The zero-order valence-electron chi connectivity index (χ0n) is 12.7. The van der Waals surface area contributed by atoms with Gasteiger partial charge in [-0.3, -0.25) is 4.79 Å². The van der Waals surface area contributed by atoms with Crippen molar-refractivity contribution in [2.75, 3.05) is 6.26 Å². The maximum Gasteiger partial charge on any atom is 0.175 e. The van der Waals surface area contributed by atoms with Gasteiger partial charge in [0.2, 0.25) is 0 Å². The quantitative estimate of drug-likeness (QED) is 0.553. The Morgan fingerprint density at radius 2 is 1.78 bits per heavy atom. The minimum Gasteiger partial charge on any atom is -0.293 e. The van der Waals surface area contributed by atoms with Crippen LogP contribution in [0.2, 0.25) is 0 Å². The number of benzene rings is 2. The summed E-state index contributed by atoms with van der Waals surface area (Å²) in [7, 11) is -0.182. The molecule has 0 amide bonds. The topological polar surface area (TPSA) is 17.1 Å². The fourth-order valence-electron chi connectivity index (χ4n) is 3.05. The van der Waals surface area contributed by atoms with E-state index in [-0.39, 0.29) is 22.2 Å². The summed E-state index contributed by atoms with van der Waals surface area (Å²) in [6.07, 6.45) is 10.3. The summed E-state index contributed by atoms with van der Waals surface area (Å²) in [4.78, 5) is 17.7. The number of rotatable bonds is 2. The Bertz CT molecular complexity index is 873. The van der Waals surface area contributed by atoms with Crippen molar-refractivity contribution in [2.24, 2.45) is 5.92 Å². The molecule has 0 radical (unpaired) electrons. The summed E-state index contributed by atoms with van der Waals surface area (Å²) in [6, 6.07) is 16.8. The largest absolute Gasteiger partial charge is 0.293 e. The summed E-state index contributed by atoms with van der Waals surface area (Å²) >= 11 is 1.75. The van der Waals surface area contributed by atoms with E-state index in [1.165, 1.54) is 14.7 Å². The van der Waals surface area contributed by atoms with E-state index in [2.05, 4.69) is 42.7 Å². The zero-order valence-corrected chi connectivity index (χ0v) is 14.4. The molecule has 3 heteroatoms. The Hall–Kier alpha value is -1.84. The molecule has 2 unspecified atom stereocenters. The van der Waals surface area contributed by atoms with Crippen molar-refractivity contribution in [1.29, 1.82) is 0 Å². The Morgan fingerprint density at radius 1 is 1.00 bits per heavy atom. The molecule has 2 aromatic carbocycles. The van der Waals surface area contributed by atoms with Crippen LogP contribution < -0.4 is 0 Å². The van der Waals surface area contributed by atoms with Crippen LogP contribution in [0.1, 0.15) is 10.4 Å². The van der Waals surface area contributed by atoms with Gasteiger partial charge in [0.1, 0.15) is 0 Å². The highest BCUT2D eigenvalue weighted by Crippen LogP contribution is 2.46. The van der Waals surface area contributed by atoms with Gasteiger partial charge in [0.05, 0.1) is 5.92 Å². The average molecular weight is 336 g/mol. The summed E-state index contributed by atoms with van der Waals surface area (Å²) in [6.45, 7) is 0. The lowest BCUT2D eigenvalue weighted by atomic mass is 9.91. The van der Waals surface area contributed by atoms with E-state index < -0.39 is 0 Å². The molecule has 2 atom stereocenters. The van der Waals surface area contributed by atoms with Crippen LogP contribution in [-0.2, 0) is 0 Å². The SMILES string of the molecule is CSc1ccc(S2=C3C=CC=CC3C(=O)c3ccccc32)cc1. The number of Topliss-reactive ketones (excluding diaryl/α,β-unsaturated/α-hetero) is 1. The van der Waals surface area contributed by atoms with Crippen molar-refractivity contribution in [2.45, 2.75) is 14.7 Å². The van der Waals surface area contributed by atoms with Gasteiger partial charge in [-0.25, -0.2) is 0 Å². The van der Waals surface area contributed by atoms with Crippen molar-refractivity contribution < 1.29 is 4.79 Å². The predicted molar refractivity (Wildman–Crippen MR) is 99.9 cm³/mol. The third kappa shape index (κ3) is 2.44. The predicted octanol–water partition coefficient (Wildman–Crippen LogP) is 5.21. The van der Waals surface area contributed by atoms with Crippen LogP contribution in [0.25, 0.3) is 0 Å². The maximum atomic E-state index is 12.8. The van der Waals surface area contributed by atoms with E-state index in [0.29, 0.717) is 0 Å². The monoisotopic (exact) mass is 336 g/mol. The summed E-state index contributed by atoms with van der Waals surface area (Å²) in [5.74, 6) is 0.110. The van der Waals surface area contributed by atoms with Gasteiger partial charge in [-0.1, -0.05) is 42.5 Å². The lowest BCUT2D eigenvalue weighted by molar-refractivity contribution is 0.0969. The van der Waals surface area contributed by atoms with Gasteiger partial charge in [-0.05, 0) is 41.5 Å². The van der Waals surface area contributed by atoms with Gasteiger partial charge in [0, 0.05) is 20.2 Å². The molecule has 2 aromatic rings. The van der Waals surface area contributed by atoms with E-state index >= 15 is 0 Å². The molecular weight excluding hydrogens is 320 g/mol. The first-order valence-corrected chi connectivity index (χ1v) is 9.98. The maximum absolute atomic E-state index is 12.8. The van der Waals surface area contributed by atoms with Crippen LogP contribution in [-0.4, -0.2) is 16.9 Å². The van der Waals surface area contributed by atoms with Crippen molar-refractivity contribution in [3.05, 3.63) is 78.4 Å². The Balaban J connectivity index is 1.98. The van der Waals surface area contributed by atoms with E-state index in [1.807, 2.05) is 36.4 Å². The molecule has 114 valence electrons. The second kappa shape index (κ2) is 5.99. The molecule has 0 spiro atoms. The molecule has 0 N–H and O–H groups in total. The minimum absolute atomic E-state index is 0.113. The molecule has 1 nitrogen and oxygen atoms in total. The fourth-order valence-corrected chi connectivity index (χ4v) is 5.91. The Morgan fingerprint density at radius 3 is 2.57 bits per heavy atom. The first-order valence-electron chi connectivity index (χ1n) is 7.53. The lowest BCUT2D eigenvalue weighted by Gasteiger charge is -2.28. The molecule has 1 aliphatic carbocycles. The summed E-state index contributed by atoms with van der Waals surface area (Å²) < 4.78 is 0. The number of hydrogen-bond donors (Lipinski definition) is 0. The van der Waals surface area contributed by atoms with Gasteiger partial charge in [0.15, 0.2) is 5.78 Å².